The van der Waals surface area contributed by atoms with Crippen molar-refractivity contribution in [1.82, 2.24) is 4.98 Å². The summed E-state index contributed by atoms with van der Waals surface area (Å²) in [6.45, 7) is 4.55. The van der Waals surface area contributed by atoms with Gasteiger partial charge in [-0.15, -0.1) is 11.3 Å². The lowest BCUT2D eigenvalue weighted by Crippen LogP contribution is -2.16. The molecule has 2 aromatic rings. The minimum Gasteiger partial charge on any atom is -0.389 e. The lowest BCUT2D eigenvalue weighted by molar-refractivity contribution is 1.09. The van der Waals surface area contributed by atoms with E-state index >= 15 is 0 Å². The Balaban J connectivity index is 2.26. The van der Waals surface area contributed by atoms with E-state index in [9.17, 15) is 0 Å². The number of nitrogens with two attached hydrogens (primary N) is 1. The second-order valence-electron chi connectivity index (χ2n) is 4.20. The standard InChI is InChI=1S/C13H14ClN3S2/c1-7-5-10(12(13(15)18)8(2)17-7)16-6-9-3-4-11(14)19-9/h3-5H,6H2,1-2H3,(H2,15,18)(H,16,17). The Kier molecular flexibility index (Phi) is 4.39. The van der Waals surface area contributed by atoms with Crippen LogP contribution >= 0.6 is 35.2 Å². The normalized spacial score (nSPS) is 10.5. The molecule has 0 saturated heterocycles. The molecule has 0 bridgehead atoms. The van der Waals surface area contributed by atoms with Crippen molar-refractivity contribution >= 4 is 45.8 Å². The van der Waals surface area contributed by atoms with Gasteiger partial charge in [0.2, 0.25) is 0 Å². The molecule has 19 heavy (non-hydrogen) atoms. The lowest BCUT2D eigenvalue weighted by Gasteiger charge is -2.13. The van der Waals surface area contributed by atoms with Gasteiger partial charge in [-0.1, -0.05) is 23.8 Å². The largest absolute Gasteiger partial charge is 0.389 e. The Bertz CT molecular complexity index is 622. The fourth-order valence-electron chi connectivity index (χ4n) is 1.91. The number of thiophene rings is 1. The van der Waals surface area contributed by atoms with E-state index in [0.717, 1.165) is 31.9 Å². The summed E-state index contributed by atoms with van der Waals surface area (Å²) in [7, 11) is 0. The summed E-state index contributed by atoms with van der Waals surface area (Å²) in [6, 6.07) is 5.85. The SMILES string of the molecule is Cc1cc(NCc2ccc(Cl)s2)c(C(N)=S)c(C)n1. The molecule has 3 nitrogen and oxygen atoms in total. The maximum absolute atomic E-state index is 5.91. The molecule has 0 amide bonds. The molecule has 0 saturated carbocycles. The van der Waals surface area contributed by atoms with E-state index < -0.39 is 0 Å². The molecular weight excluding hydrogens is 298 g/mol. The number of hydrogen-bond acceptors (Lipinski definition) is 4. The van der Waals surface area contributed by atoms with E-state index in [1.807, 2.05) is 32.0 Å². The number of anilines is 1. The average Bonchev–Trinajstić information content (AvgIpc) is 2.71. The number of nitrogens with one attached hydrogen (secondary N) is 1. The van der Waals surface area contributed by atoms with Gasteiger partial charge >= 0.3 is 0 Å². The third kappa shape index (κ3) is 3.43. The zero-order chi connectivity index (χ0) is 14.0. The van der Waals surface area contributed by atoms with E-state index in [2.05, 4.69) is 10.3 Å². The molecule has 0 fully saturated rings. The minimum absolute atomic E-state index is 0.358. The number of thiocarbonyl (C=S) groups is 1. The lowest BCUT2D eigenvalue weighted by atomic mass is 10.1. The first-order chi connectivity index (χ1) is 8.97. The second kappa shape index (κ2) is 5.86. The van der Waals surface area contributed by atoms with Gasteiger partial charge in [0, 0.05) is 28.5 Å². The Morgan fingerprint density at radius 3 is 2.79 bits per heavy atom. The van der Waals surface area contributed by atoms with Gasteiger partial charge in [0.1, 0.15) is 4.99 Å². The monoisotopic (exact) mass is 311 g/mol. The predicted molar refractivity (Wildman–Crippen MR) is 86.3 cm³/mol. The van der Waals surface area contributed by atoms with Crippen LogP contribution in [0.3, 0.4) is 0 Å². The topological polar surface area (TPSA) is 50.9 Å². The highest BCUT2D eigenvalue weighted by Gasteiger charge is 2.11. The zero-order valence-electron chi connectivity index (χ0n) is 10.7. The van der Waals surface area contributed by atoms with Crippen LogP contribution in [-0.4, -0.2) is 9.97 Å². The summed E-state index contributed by atoms with van der Waals surface area (Å²) >= 11 is 12.6. The molecule has 3 N–H and O–H groups in total. The van der Waals surface area contributed by atoms with Crippen LogP contribution in [0.4, 0.5) is 5.69 Å². The second-order valence-corrected chi connectivity index (χ2v) is 6.43. The highest BCUT2D eigenvalue weighted by molar-refractivity contribution is 7.80. The maximum Gasteiger partial charge on any atom is 0.107 e. The Labute approximate surface area is 126 Å². The number of aromatic nitrogens is 1. The molecule has 0 aliphatic rings. The molecule has 0 atom stereocenters. The molecule has 2 heterocycles. The highest BCUT2D eigenvalue weighted by atomic mass is 35.5. The van der Waals surface area contributed by atoms with Crippen molar-refractivity contribution in [3.63, 3.8) is 0 Å². The van der Waals surface area contributed by atoms with Gasteiger partial charge < -0.3 is 11.1 Å². The number of halogens is 1. The van der Waals surface area contributed by atoms with Crippen LogP contribution in [0.1, 0.15) is 21.8 Å². The van der Waals surface area contributed by atoms with Gasteiger partial charge in [-0.2, -0.15) is 0 Å². The van der Waals surface area contributed by atoms with E-state index in [0.29, 0.717) is 11.5 Å². The third-order valence-electron chi connectivity index (χ3n) is 2.66. The van der Waals surface area contributed by atoms with Crippen LogP contribution in [0.25, 0.3) is 0 Å². The van der Waals surface area contributed by atoms with Crippen LogP contribution in [0.5, 0.6) is 0 Å². The summed E-state index contributed by atoms with van der Waals surface area (Å²) in [5.41, 5.74) is 9.28. The molecule has 6 heteroatoms. The molecule has 0 aliphatic heterocycles. The van der Waals surface area contributed by atoms with Crippen molar-refractivity contribution in [1.29, 1.82) is 0 Å². The number of pyridine rings is 1. The zero-order valence-corrected chi connectivity index (χ0v) is 13.0. The molecule has 2 aromatic heterocycles. The van der Waals surface area contributed by atoms with Crippen LogP contribution < -0.4 is 11.1 Å². The minimum atomic E-state index is 0.358. The first kappa shape index (κ1) is 14.2. The van der Waals surface area contributed by atoms with E-state index in [1.165, 1.54) is 0 Å². The molecule has 2 rings (SSSR count). The van der Waals surface area contributed by atoms with Crippen LogP contribution in [-0.2, 0) is 6.54 Å². The third-order valence-corrected chi connectivity index (χ3v) is 4.09. The van der Waals surface area contributed by atoms with Crippen molar-refractivity contribution in [2.75, 3.05) is 5.32 Å². The summed E-state index contributed by atoms with van der Waals surface area (Å²) in [6.07, 6.45) is 0. The van der Waals surface area contributed by atoms with E-state index in [4.69, 9.17) is 29.6 Å². The number of aryl methyl sites for hydroxylation is 2. The van der Waals surface area contributed by atoms with E-state index in [1.54, 1.807) is 11.3 Å². The summed E-state index contributed by atoms with van der Waals surface area (Å²) in [4.78, 5) is 5.90. The van der Waals surface area contributed by atoms with Gasteiger partial charge in [0.15, 0.2) is 0 Å². The van der Waals surface area contributed by atoms with Gasteiger partial charge in [0.05, 0.1) is 9.90 Å². The fourth-order valence-corrected chi connectivity index (χ4v) is 3.19. The predicted octanol–water partition coefficient (Wildman–Crippen LogP) is 3.66. The van der Waals surface area contributed by atoms with Crippen LogP contribution in [0.2, 0.25) is 4.34 Å². The molecule has 100 valence electrons. The Morgan fingerprint density at radius 1 is 1.47 bits per heavy atom. The first-order valence-electron chi connectivity index (χ1n) is 5.73. The van der Waals surface area contributed by atoms with E-state index in [-0.39, 0.29) is 0 Å². The van der Waals surface area contributed by atoms with Gasteiger partial charge in [-0.3, -0.25) is 4.98 Å². The molecule has 0 aliphatic carbocycles. The molecule has 0 unspecified atom stereocenters. The Hall–Kier alpha value is -1.17. The molecule has 0 spiro atoms. The maximum atomic E-state index is 5.91. The highest BCUT2D eigenvalue weighted by Crippen LogP contribution is 2.24. The van der Waals surface area contributed by atoms with Gasteiger partial charge in [0.25, 0.3) is 0 Å². The van der Waals surface area contributed by atoms with Crippen molar-refractivity contribution in [2.24, 2.45) is 5.73 Å². The quantitative estimate of drug-likeness (QED) is 0.846. The van der Waals surface area contributed by atoms with Crippen LogP contribution in [0, 0.1) is 13.8 Å². The van der Waals surface area contributed by atoms with Crippen molar-refractivity contribution < 1.29 is 0 Å². The van der Waals surface area contributed by atoms with Crippen molar-refractivity contribution in [3.05, 3.63) is 44.4 Å². The summed E-state index contributed by atoms with van der Waals surface area (Å²) < 4.78 is 0.786. The van der Waals surface area contributed by atoms with Crippen molar-refractivity contribution in [3.8, 4) is 0 Å². The number of rotatable bonds is 4. The molecule has 0 radical (unpaired) electrons. The Morgan fingerprint density at radius 2 is 2.21 bits per heavy atom. The smallest absolute Gasteiger partial charge is 0.107 e. The number of nitrogens with zero attached hydrogens (tertiary/aromatic N) is 1. The molecule has 0 aromatic carbocycles. The molecular formula is C13H14ClN3S2. The average molecular weight is 312 g/mol. The fraction of sp³-hybridized carbons (Fsp3) is 0.231. The summed E-state index contributed by atoms with van der Waals surface area (Å²) in [5, 5.41) is 3.35. The number of hydrogen-bond donors (Lipinski definition) is 2. The van der Waals surface area contributed by atoms with Gasteiger partial charge in [-0.25, -0.2) is 0 Å². The van der Waals surface area contributed by atoms with Crippen LogP contribution in [0.15, 0.2) is 18.2 Å². The first-order valence-corrected chi connectivity index (χ1v) is 7.34. The van der Waals surface area contributed by atoms with Crippen molar-refractivity contribution in [2.45, 2.75) is 20.4 Å². The summed E-state index contributed by atoms with van der Waals surface area (Å²) in [5.74, 6) is 0. The van der Waals surface area contributed by atoms with Gasteiger partial charge in [-0.05, 0) is 32.0 Å².